The van der Waals surface area contributed by atoms with E-state index in [1.807, 2.05) is 0 Å². The zero-order valence-corrected chi connectivity index (χ0v) is 19.1. The van der Waals surface area contributed by atoms with Crippen molar-refractivity contribution in [2.24, 2.45) is 10.8 Å². The molecule has 3 rings (SSSR count). The zero-order chi connectivity index (χ0) is 21.9. The smallest absolute Gasteiger partial charge is 0.251 e. The van der Waals surface area contributed by atoms with Crippen molar-refractivity contribution in [3.05, 3.63) is 69.7 Å². The van der Waals surface area contributed by atoms with Crippen LogP contribution in [0.2, 0.25) is 10.0 Å². The van der Waals surface area contributed by atoms with Gasteiger partial charge >= 0.3 is 0 Å². The highest BCUT2D eigenvalue weighted by Crippen LogP contribution is 2.45. The van der Waals surface area contributed by atoms with Gasteiger partial charge in [-0.15, -0.1) is 0 Å². The fourth-order valence-corrected chi connectivity index (χ4v) is 5.17. The molecular weight excluding hydrogens is 419 g/mol. The summed E-state index contributed by atoms with van der Waals surface area (Å²) in [5.74, 6) is -0.257. The molecule has 1 fully saturated rings. The van der Waals surface area contributed by atoms with Crippen molar-refractivity contribution in [3.8, 4) is 0 Å². The van der Waals surface area contributed by atoms with Crippen molar-refractivity contribution >= 4 is 35.0 Å². The summed E-state index contributed by atoms with van der Waals surface area (Å²) < 4.78 is 0. The van der Waals surface area contributed by atoms with E-state index in [1.54, 1.807) is 48.5 Å². The Morgan fingerprint density at radius 2 is 1.50 bits per heavy atom. The Hall–Kier alpha value is -2.04. The highest BCUT2D eigenvalue weighted by molar-refractivity contribution is 6.31. The Kier molecular flexibility index (Phi) is 6.78. The molecule has 6 heteroatoms. The third kappa shape index (κ3) is 5.99. The summed E-state index contributed by atoms with van der Waals surface area (Å²) in [5, 5.41) is 7.31. The highest BCUT2D eigenvalue weighted by Gasteiger charge is 2.42. The predicted molar refractivity (Wildman–Crippen MR) is 122 cm³/mol. The molecule has 0 unspecified atom stereocenters. The monoisotopic (exact) mass is 446 g/mol. The molecule has 0 bridgehead atoms. The maximum atomic E-state index is 12.7. The van der Waals surface area contributed by atoms with Crippen molar-refractivity contribution < 1.29 is 9.59 Å². The van der Waals surface area contributed by atoms with E-state index in [2.05, 4.69) is 31.4 Å². The standard InChI is InChI=1S/C24H28Cl2N2O2/c1-23(2)12-20(28-22(30)17-7-5-9-19(26)11-17)13-24(3,14-23)15-27-21(29)16-6-4-8-18(25)10-16/h4-11,20H,12-15H2,1-3H3,(H,27,29)(H,28,30)/t20-,24-/m1/s1. The number of hydrogen-bond donors (Lipinski definition) is 2. The van der Waals surface area contributed by atoms with Gasteiger partial charge in [-0.3, -0.25) is 9.59 Å². The van der Waals surface area contributed by atoms with Crippen LogP contribution in [-0.2, 0) is 0 Å². The molecule has 0 radical (unpaired) electrons. The van der Waals surface area contributed by atoms with Gasteiger partial charge in [-0.25, -0.2) is 0 Å². The molecule has 2 N–H and O–H groups in total. The van der Waals surface area contributed by atoms with Crippen LogP contribution in [0.3, 0.4) is 0 Å². The molecule has 2 atom stereocenters. The second kappa shape index (κ2) is 8.99. The fraction of sp³-hybridized carbons (Fsp3) is 0.417. The summed E-state index contributed by atoms with van der Waals surface area (Å²) in [6.07, 6.45) is 2.63. The Bertz CT molecular complexity index is 944. The molecule has 1 aliphatic rings. The van der Waals surface area contributed by atoms with Gasteiger partial charge < -0.3 is 10.6 Å². The summed E-state index contributed by atoms with van der Waals surface area (Å²) in [6, 6.07) is 13.9. The van der Waals surface area contributed by atoms with Gasteiger partial charge in [-0.05, 0) is 66.5 Å². The number of carbonyl (C=O) groups is 2. The van der Waals surface area contributed by atoms with Crippen molar-refractivity contribution in [2.75, 3.05) is 6.54 Å². The summed E-state index contributed by atoms with van der Waals surface area (Å²) in [5.41, 5.74) is 1.01. The van der Waals surface area contributed by atoms with Gasteiger partial charge in [0.15, 0.2) is 0 Å². The third-order valence-electron chi connectivity index (χ3n) is 5.63. The molecular formula is C24H28Cl2N2O2. The lowest BCUT2D eigenvalue weighted by Crippen LogP contribution is -2.50. The number of hydrogen-bond acceptors (Lipinski definition) is 2. The predicted octanol–water partition coefficient (Wildman–Crippen LogP) is 5.74. The van der Waals surface area contributed by atoms with Gasteiger partial charge in [0, 0.05) is 33.8 Å². The second-order valence-electron chi connectivity index (χ2n) is 9.43. The van der Waals surface area contributed by atoms with E-state index >= 15 is 0 Å². The number of nitrogens with one attached hydrogen (secondary N) is 2. The maximum absolute atomic E-state index is 12.7. The van der Waals surface area contributed by atoms with Crippen molar-refractivity contribution in [3.63, 3.8) is 0 Å². The first kappa shape index (κ1) is 22.6. The Morgan fingerprint density at radius 1 is 0.933 bits per heavy atom. The van der Waals surface area contributed by atoms with Crippen molar-refractivity contribution in [1.29, 1.82) is 0 Å². The van der Waals surface area contributed by atoms with Crippen molar-refractivity contribution in [2.45, 2.75) is 46.1 Å². The lowest BCUT2D eigenvalue weighted by molar-refractivity contribution is 0.0592. The first-order valence-electron chi connectivity index (χ1n) is 10.2. The molecule has 2 aromatic rings. The van der Waals surface area contributed by atoms with Crippen LogP contribution in [0, 0.1) is 10.8 Å². The second-order valence-corrected chi connectivity index (χ2v) is 10.3. The van der Waals surface area contributed by atoms with Crippen LogP contribution in [0.25, 0.3) is 0 Å². The van der Waals surface area contributed by atoms with Crippen molar-refractivity contribution in [1.82, 2.24) is 10.6 Å². The summed E-state index contributed by atoms with van der Waals surface area (Å²) in [4.78, 5) is 25.3. The SMILES string of the molecule is CC1(C)C[C@@H](NC(=O)c2cccc(Cl)c2)C[C@@](C)(CNC(=O)c2cccc(Cl)c2)C1. The first-order chi connectivity index (χ1) is 14.1. The Morgan fingerprint density at radius 3 is 2.07 bits per heavy atom. The zero-order valence-electron chi connectivity index (χ0n) is 17.6. The van der Waals surface area contributed by atoms with Gasteiger partial charge in [0.25, 0.3) is 11.8 Å². The average Bonchev–Trinajstić information content (AvgIpc) is 2.64. The average molecular weight is 447 g/mol. The molecule has 0 saturated heterocycles. The van der Waals surface area contributed by atoms with E-state index in [0.717, 1.165) is 19.3 Å². The molecule has 4 nitrogen and oxygen atoms in total. The van der Waals surface area contributed by atoms with E-state index < -0.39 is 0 Å². The summed E-state index contributed by atoms with van der Waals surface area (Å²) in [7, 11) is 0. The number of rotatable bonds is 5. The van der Waals surface area contributed by atoms with Crippen LogP contribution in [0.15, 0.2) is 48.5 Å². The molecule has 1 aliphatic carbocycles. The van der Waals surface area contributed by atoms with Crippen LogP contribution in [0.5, 0.6) is 0 Å². The number of carbonyl (C=O) groups excluding carboxylic acids is 2. The fourth-order valence-electron chi connectivity index (χ4n) is 4.79. The lowest BCUT2D eigenvalue weighted by atomic mass is 9.62. The molecule has 160 valence electrons. The van der Waals surface area contributed by atoms with Gasteiger partial charge in [-0.1, -0.05) is 56.1 Å². The quantitative estimate of drug-likeness (QED) is 0.614. The maximum Gasteiger partial charge on any atom is 0.251 e. The van der Waals surface area contributed by atoms with E-state index in [4.69, 9.17) is 23.2 Å². The summed E-state index contributed by atoms with van der Waals surface area (Å²) in [6.45, 7) is 7.12. The van der Waals surface area contributed by atoms with Crippen LogP contribution in [0.1, 0.15) is 60.7 Å². The van der Waals surface area contributed by atoms with E-state index in [1.165, 1.54) is 0 Å². The normalized spacial score (nSPS) is 22.9. The molecule has 2 aromatic carbocycles. The van der Waals surface area contributed by atoms with Crippen LogP contribution < -0.4 is 10.6 Å². The number of halogens is 2. The Labute approximate surface area is 188 Å². The van der Waals surface area contributed by atoms with Crippen LogP contribution in [0.4, 0.5) is 0 Å². The van der Waals surface area contributed by atoms with Gasteiger partial charge in [0.1, 0.15) is 0 Å². The largest absolute Gasteiger partial charge is 0.351 e. The molecule has 0 aliphatic heterocycles. The molecule has 0 spiro atoms. The minimum Gasteiger partial charge on any atom is -0.351 e. The van der Waals surface area contributed by atoms with Gasteiger partial charge in [0.05, 0.1) is 0 Å². The lowest BCUT2D eigenvalue weighted by Gasteiger charge is -2.47. The molecule has 30 heavy (non-hydrogen) atoms. The van der Waals surface area contributed by atoms with Gasteiger partial charge in [0.2, 0.25) is 0 Å². The molecule has 1 saturated carbocycles. The van der Waals surface area contributed by atoms with E-state index in [9.17, 15) is 9.59 Å². The summed E-state index contributed by atoms with van der Waals surface area (Å²) >= 11 is 12.0. The topological polar surface area (TPSA) is 58.2 Å². The minimum absolute atomic E-state index is 0.0216. The third-order valence-corrected chi connectivity index (χ3v) is 6.10. The molecule has 2 amide bonds. The number of amides is 2. The first-order valence-corrected chi connectivity index (χ1v) is 10.9. The van der Waals surface area contributed by atoms with Gasteiger partial charge in [-0.2, -0.15) is 0 Å². The Balaban J connectivity index is 1.67. The molecule has 0 aromatic heterocycles. The van der Waals surface area contributed by atoms with E-state index in [-0.39, 0.29) is 28.7 Å². The number of benzene rings is 2. The minimum atomic E-state index is -0.137. The highest BCUT2D eigenvalue weighted by atomic mass is 35.5. The van der Waals surface area contributed by atoms with Crippen LogP contribution >= 0.6 is 23.2 Å². The molecule has 0 heterocycles. The van der Waals surface area contributed by atoms with Crippen LogP contribution in [-0.4, -0.2) is 24.4 Å². The van der Waals surface area contributed by atoms with E-state index in [0.29, 0.717) is 27.7 Å².